The molecule has 1 saturated carbocycles. The minimum absolute atomic E-state index is 0.104. The Bertz CT molecular complexity index is 1240. The third-order valence-corrected chi connectivity index (χ3v) is 8.54. The number of aromatic nitrogens is 2. The van der Waals surface area contributed by atoms with Crippen molar-refractivity contribution >= 4 is 51.2 Å². The molecule has 0 unspecified atom stereocenters. The lowest BCUT2D eigenvalue weighted by atomic mass is 9.73. The first kappa shape index (κ1) is 24.2. The van der Waals surface area contributed by atoms with Crippen molar-refractivity contribution in [2.24, 2.45) is 5.41 Å². The number of nitrogens with zero attached hydrogens (tertiary/aromatic N) is 2. The first-order chi connectivity index (χ1) is 16.9. The molecule has 0 radical (unpaired) electrons. The summed E-state index contributed by atoms with van der Waals surface area (Å²) in [4.78, 5) is 22.7. The number of imidazole rings is 1. The monoisotopic (exact) mass is 583 g/mol. The molecule has 0 atom stereocenters. The third-order valence-electron chi connectivity index (χ3n) is 7.60. The Morgan fingerprint density at radius 2 is 1.89 bits per heavy atom. The van der Waals surface area contributed by atoms with Crippen LogP contribution in [0, 0.1) is 8.99 Å². The number of halogens is 1. The number of benzene rings is 2. The van der Waals surface area contributed by atoms with Gasteiger partial charge in [-0.3, -0.25) is 4.79 Å². The maximum absolute atomic E-state index is 12.8. The van der Waals surface area contributed by atoms with E-state index in [1.807, 2.05) is 23.1 Å². The number of hydrogen-bond donors (Lipinski definition) is 3. The fraction of sp³-hybridized carbons (Fsp3) is 0.429. The maximum atomic E-state index is 12.8. The van der Waals surface area contributed by atoms with Crippen molar-refractivity contribution < 1.29 is 4.79 Å². The molecule has 2 fully saturated rings. The summed E-state index contributed by atoms with van der Waals surface area (Å²) in [6.07, 6.45) is 8.54. The van der Waals surface area contributed by atoms with Gasteiger partial charge in [0.1, 0.15) is 0 Å². The van der Waals surface area contributed by atoms with Gasteiger partial charge in [0.2, 0.25) is 5.95 Å². The standard InChI is InChI=1S/C28H34IN5O/c1-19(28(2)12-4-3-5-13-28)30-18-20-8-10-22(29)24(16-20)32-27-31-23-11-9-21(17-25(23)33-27)26(35)34-14-6-7-15-34/h8-11,16-17,30H,1,3-7,12-15,18H2,2H3,(H2,31,32,33). The lowest BCUT2D eigenvalue weighted by molar-refractivity contribution is 0.0793. The van der Waals surface area contributed by atoms with Gasteiger partial charge in [-0.25, -0.2) is 4.98 Å². The van der Waals surface area contributed by atoms with E-state index in [0.29, 0.717) is 11.5 Å². The number of hydrogen-bond acceptors (Lipinski definition) is 4. The van der Waals surface area contributed by atoms with E-state index >= 15 is 0 Å². The van der Waals surface area contributed by atoms with Crippen molar-refractivity contribution in [3.8, 4) is 0 Å². The summed E-state index contributed by atoms with van der Waals surface area (Å²) in [6.45, 7) is 9.17. The van der Waals surface area contributed by atoms with Crippen molar-refractivity contribution in [3.63, 3.8) is 0 Å². The Kier molecular flexibility index (Phi) is 7.05. The summed E-state index contributed by atoms with van der Waals surface area (Å²) in [6, 6.07) is 12.2. The summed E-state index contributed by atoms with van der Waals surface area (Å²) in [5.74, 6) is 0.778. The Morgan fingerprint density at radius 1 is 1.11 bits per heavy atom. The summed E-state index contributed by atoms with van der Waals surface area (Å²) < 4.78 is 1.12. The number of carbonyl (C=O) groups excluding carboxylic acids is 1. The maximum Gasteiger partial charge on any atom is 0.253 e. The van der Waals surface area contributed by atoms with Crippen LogP contribution in [-0.2, 0) is 6.54 Å². The van der Waals surface area contributed by atoms with E-state index in [0.717, 1.165) is 58.5 Å². The SMILES string of the molecule is C=C(NCc1ccc(I)c(Nc2nc3ccc(C(=O)N4CCCC4)cc3[nH]2)c1)C1(C)CCCCC1. The number of anilines is 2. The minimum Gasteiger partial charge on any atom is -0.384 e. The largest absolute Gasteiger partial charge is 0.384 e. The van der Waals surface area contributed by atoms with Gasteiger partial charge in [0.05, 0.1) is 16.7 Å². The van der Waals surface area contributed by atoms with Crippen LogP contribution in [-0.4, -0.2) is 33.9 Å². The smallest absolute Gasteiger partial charge is 0.253 e. The van der Waals surface area contributed by atoms with E-state index in [-0.39, 0.29) is 11.3 Å². The van der Waals surface area contributed by atoms with Gasteiger partial charge in [0.25, 0.3) is 5.91 Å². The molecule has 184 valence electrons. The van der Waals surface area contributed by atoms with Crippen LogP contribution in [0.15, 0.2) is 48.7 Å². The zero-order valence-electron chi connectivity index (χ0n) is 20.4. The molecule has 5 rings (SSSR count). The fourth-order valence-corrected chi connectivity index (χ4v) is 5.74. The lowest BCUT2D eigenvalue weighted by Crippen LogP contribution is -2.30. The van der Waals surface area contributed by atoms with Crippen molar-refractivity contribution in [1.82, 2.24) is 20.2 Å². The normalized spacial score (nSPS) is 17.5. The number of nitrogens with one attached hydrogen (secondary N) is 3. The number of aromatic amines is 1. The zero-order valence-corrected chi connectivity index (χ0v) is 22.6. The van der Waals surface area contributed by atoms with Gasteiger partial charge in [-0.05, 0) is 84.2 Å². The van der Waals surface area contributed by atoms with Crippen LogP contribution in [0.1, 0.15) is 67.8 Å². The molecule has 35 heavy (non-hydrogen) atoms. The van der Waals surface area contributed by atoms with Crippen molar-refractivity contribution in [2.75, 3.05) is 18.4 Å². The second-order valence-electron chi connectivity index (χ2n) is 10.2. The summed E-state index contributed by atoms with van der Waals surface area (Å²) in [5.41, 5.74) is 5.98. The first-order valence-corrected chi connectivity index (χ1v) is 13.8. The quantitative estimate of drug-likeness (QED) is 0.270. The van der Waals surface area contributed by atoms with Gasteiger partial charge < -0.3 is 20.5 Å². The van der Waals surface area contributed by atoms with Gasteiger partial charge >= 0.3 is 0 Å². The Labute approximate surface area is 221 Å². The van der Waals surface area contributed by atoms with Crippen molar-refractivity contribution in [2.45, 2.75) is 58.4 Å². The van der Waals surface area contributed by atoms with E-state index in [1.54, 1.807) is 0 Å². The number of amides is 1. The number of H-pyrrole nitrogens is 1. The minimum atomic E-state index is 0.104. The van der Waals surface area contributed by atoms with Gasteiger partial charge in [0, 0.05) is 39.9 Å². The predicted molar refractivity (Wildman–Crippen MR) is 151 cm³/mol. The second-order valence-corrected chi connectivity index (χ2v) is 11.4. The molecule has 1 amide bonds. The van der Waals surface area contributed by atoms with E-state index in [9.17, 15) is 4.79 Å². The molecule has 3 aromatic rings. The average Bonchev–Trinajstić information content (AvgIpc) is 3.54. The van der Waals surface area contributed by atoms with Crippen LogP contribution in [0.3, 0.4) is 0 Å². The highest BCUT2D eigenvalue weighted by molar-refractivity contribution is 14.1. The Morgan fingerprint density at radius 3 is 2.66 bits per heavy atom. The molecule has 1 aliphatic carbocycles. The van der Waals surface area contributed by atoms with Gasteiger partial charge in [-0.15, -0.1) is 0 Å². The summed E-state index contributed by atoms with van der Waals surface area (Å²) >= 11 is 2.34. The molecular weight excluding hydrogens is 549 g/mol. The third kappa shape index (κ3) is 5.34. The van der Waals surface area contributed by atoms with Crippen LogP contribution in [0.25, 0.3) is 11.0 Å². The fourth-order valence-electron chi connectivity index (χ4n) is 5.27. The molecule has 6 nitrogen and oxygen atoms in total. The zero-order chi connectivity index (χ0) is 24.4. The van der Waals surface area contributed by atoms with Gasteiger partial charge in [-0.1, -0.05) is 38.8 Å². The van der Waals surface area contributed by atoms with Crippen molar-refractivity contribution in [3.05, 3.63) is 63.4 Å². The second kappa shape index (κ2) is 10.2. The molecule has 1 aliphatic heterocycles. The topological polar surface area (TPSA) is 73.1 Å². The van der Waals surface area contributed by atoms with Crippen molar-refractivity contribution in [1.29, 1.82) is 0 Å². The van der Waals surface area contributed by atoms with Gasteiger partial charge in [0.15, 0.2) is 0 Å². The van der Waals surface area contributed by atoms with E-state index in [1.165, 1.54) is 37.7 Å². The van der Waals surface area contributed by atoms with Crippen LogP contribution in [0.2, 0.25) is 0 Å². The number of allylic oxidation sites excluding steroid dienone is 1. The first-order valence-electron chi connectivity index (χ1n) is 12.7. The highest BCUT2D eigenvalue weighted by atomic mass is 127. The van der Waals surface area contributed by atoms with Crippen LogP contribution in [0.5, 0.6) is 0 Å². The van der Waals surface area contributed by atoms with E-state index in [4.69, 9.17) is 4.98 Å². The van der Waals surface area contributed by atoms with Crippen LogP contribution >= 0.6 is 22.6 Å². The molecule has 1 aromatic heterocycles. The molecule has 7 heteroatoms. The number of likely N-dealkylation sites (tertiary alicyclic amines) is 1. The molecule has 2 aliphatic rings. The Balaban J connectivity index is 1.28. The molecular formula is C28H34IN5O. The average molecular weight is 584 g/mol. The number of fused-ring (bicyclic) bond motifs is 1. The lowest BCUT2D eigenvalue weighted by Gasteiger charge is -2.36. The molecule has 2 heterocycles. The van der Waals surface area contributed by atoms with Crippen LogP contribution in [0.4, 0.5) is 11.6 Å². The summed E-state index contributed by atoms with van der Waals surface area (Å²) in [7, 11) is 0. The Hall–Kier alpha value is -2.55. The highest BCUT2D eigenvalue weighted by Gasteiger charge is 2.29. The molecule has 1 saturated heterocycles. The molecule has 3 N–H and O–H groups in total. The van der Waals surface area contributed by atoms with Gasteiger partial charge in [-0.2, -0.15) is 0 Å². The van der Waals surface area contributed by atoms with Crippen LogP contribution < -0.4 is 10.6 Å². The van der Waals surface area contributed by atoms with E-state index in [2.05, 4.69) is 69.9 Å². The number of carbonyl (C=O) groups is 1. The molecule has 0 bridgehead atoms. The predicted octanol–water partition coefficient (Wildman–Crippen LogP) is 6.72. The summed E-state index contributed by atoms with van der Waals surface area (Å²) in [5, 5.41) is 7.04. The van der Waals surface area contributed by atoms with E-state index < -0.39 is 0 Å². The molecule has 2 aromatic carbocycles. The molecule has 0 spiro atoms. The number of rotatable bonds is 7. The highest BCUT2D eigenvalue weighted by Crippen LogP contribution is 2.40.